The van der Waals surface area contributed by atoms with Gasteiger partial charge >= 0.3 is 5.97 Å². The minimum Gasteiger partial charge on any atom is -0.465 e. The fourth-order valence-electron chi connectivity index (χ4n) is 3.44. The van der Waals surface area contributed by atoms with E-state index in [0.717, 1.165) is 24.1 Å². The summed E-state index contributed by atoms with van der Waals surface area (Å²) < 4.78 is 37.1. The molecule has 0 N–H and O–H groups in total. The molecule has 0 bridgehead atoms. The third-order valence-corrected chi connectivity index (χ3v) is 7.94. The van der Waals surface area contributed by atoms with E-state index in [4.69, 9.17) is 9.47 Å². The number of unbranched alkanes of at least 4 members (excludes halogenated alkanes) is 2. The summed E-state index contributed by atoms with van der Waals surface area (Å²) in [6.45, 7) is 2.27. The van der Waals surface area contributed by atoms with Crippen molar-refractivity contribution in [3.63, 3.8) is 0 Å². The van der Waals surface area contributed by atoms with Crippen LogP contribution in [0, 0.1) is 0 Å². The van der Waals surface area contributed by atoms with Crippen molar-refractivity contribution >= 4 is 38.8 Å². The van der Waals surface area contributed by atoms with Crippen molar-refractivity contribution in [1.82, 2.24) is 0 Å². The van der Waals surface area contributed by atoms with Crippen LogP contribution in [0.4, 0.5) is 5.69 Å². The number of rotatable bonds is 10. The fraction of sp³-hybridized carbons (Fsp3) is 0.455. The van der Waals surface area contributed by atoms with E-state index in [1.54, 1.807) is 36.4 Å². The average molecular weight is 466 g/mol. The second-order valence-corrected chi connectivity index (χ2v) is 10.5. The first kappa shape index (κ1) is 23.4. The Hall–Kier alpha value is -2.23. The summed E-state index contributed by atoms with van der Waals surface area (Å²) >= 11 is 1.25. The fourth-order valence-corrected chi connectivity index (χ4v) is 5.95. The number of anilines is 1. The lowest BCUT2D eigenvalue weighted by atomic mass is 10.0. The number of esters is 1. The number of methoxy groups -OCH3 is 1. The highest BCUT2D eigenvalue weighted by Crippen LogP contribution is 2.31. The van der Waals surface area contributed by atoms with E-state index >= 15 is 0 Å². The average Bonchev–Trinajstić information content (AvgIpc) is 3.35. The van der Waals surface area contributed by atoms with Crippen molar-refractivity contribution in [2.75, 3.05) is 17.2 Å². The van der Waals surface area contributed by atoms with Gasteiger partial charge in [0, 0.05) is 23.3 Å². The van der Waals surface area contributed by atoms with Crippen LogP contribution in [-0.2, 0) is 26.1 Å². The molecule has 9 heteroatoms. The second-order valence-electron chi connectivity index (χ2n) is 7.35. The van der Waals surface area contributed by atoms with E-state index in [1.165, 1.54) is 22.8 Å². The molecule has 7 nitrogen and oxygen atoms in total. The summed E-state index contributed by atoms with van der Waals surface area (Å²) in [6.07, 6.45) is 3.12. The zero-order chi connectivity index (χ0) is 22.4. The second kappa shape index (κ2) is 10.4. The molecule has 3 rings (SSSR count). The van der Waals surface area contributed by atoms with E-state index in [1.807, 2.05) is 0 Å². The molecule has 1 saturated heterocycles. The summed E-state index contributed by atoms with van der Waals surface area (Å²) in [6, 6.07) is 10.1. The van der Waals surface area contributed by atoms with Gasteiger partial charge in [-0.3, -0.25) is 4.79 Å². The molecule has 2 heterocycles. The first-order valence-electron chi connectivity index (χ1n) is 10.3. The molecule has 1 aromatic heterocycles. The Balaban J connectivity index is 1.68. The Morgan fingerprint density at radius 3 is 2.55 bits per heavy atom. The predicted molar refractivity (Wildman–Crippen MR) is 120 cm³/mol. The zero-order valence-corrected chi connectivity index (χ0v) is 19.3. The summed E-state index contributed by atoms with van der Waals surface area (Å²) in [7, 11) is -2.18. The van der Waals surface area contributed by atoms with Crippen molar-refractivity contribution in [2.24, 2.45) is 0 Å². The lowest BCUT2D eigenvalue weighted by molar-refractivity contribution is 0.0534. The number of hydrogen-bond acceptors (Lipinski definition) is 7. The van der Waals surface area contributed by atoms with Crippen LogP contribution in [0.25, 0.3) is 0 Å². The van der Waals surface area contributed by atoms with Gasteiger partial charge in [0.25, 0.3) is 0 Å². The smallest absolute Gasteiger partial charge is 0.348 e. The summed E-state index contributed by atoms with van der Waals surface area (Å²) in [5, 5.41) is 0. The molecule has 1 atom stereocenters. The largest absolute Gasteiger partial charge is 0.465 e. The monoisotopic (exact) mass is 465 g/mol. The van der Waals surface area contributed by atoms with Crippen molar-refractivity contribution in [3.8, 4) is 0 Å². The molecule has 0 amide bonds. The third-order valence-electron chi connectivity index (χ3n) is 5.10. The topological polar surface area (TPSA) is 90.0 Å². The number of ether oxygens (including phenoxy) is 2. The van der Waals surface area contributed by atoms with Crippen LogP contribution < -0.4 is 4.31 Å². The van der Waals surface area contributed by atoms with Crippen LogP contribution in [-0.4, -0.2) is 39.3 Å². The van der Waals surface area contributed by atoms with Crippen molar-refractivity contribution < 1.29 is 27.5 Å². The minimum atomic E-state index is -3.50. The van der Waals surface area contributed by atoms with Crippen LogP contribution >= 0.6 is 11.3 Å². The molecular weight excluding hydrogens is 438 g/mol. The molecule has 0 radical (unpaired) electrons. The Bertz CT molecular complexity index is 1010. The highest BCUT2D eigenvalue weighted by Gasteiger charge is 2.38. The molecular formula is C22H27NO6S2. The zero-order valence-electron chi connectivity index (χ0n) is 17.7. The lowest BCUT2D eigenvalue weighted by Gasteiger charge is -2.25. The Labute approximate surface area is 187 Å². The summed E-state index contributed by atoms with van der Waals surface area (Å²) in [5.74, 6) is -0.352. The highest BCUT2D eigenvalue weighted by molar-refractivity contribution is 7.93. The standard InChI is InChI=1S/C22H27NO6S2/c1-3-4-5-6-19(24)16-7-9-17(10-8-16)23-21(13-14-31(23,26)27)29-15-18-11-12-20(30-18)22(25)28-2/h7-12,21H,3-6,13-15H2,1-2H3. The molecule has 0 saturated carbocycles. The summed E-state index contributed by atoms with van der Waals surface area (Å²) in [5.41, 5.74) is 1.07. The highest BCUT2D eigenvalue weighted by atomic mass is 32.2. The van der Waals surface area contributed by atoms with Crippen LogP contribution in [0.5, 0.6) is 0 Å². The predicted octanol–water partition coefficient (Wildman–Crippen LogP) is 4.38. The lowest BCUT2D eigenvalue weighted by Crippen LogP contribution is -2.34. The first-order chi connectivity index (χ1) is 14.9. The molecule has 1 fully saturated rings. The van der Waals surface area contributed by atoms with Crippen LogP contribution in [0.2, 0.25) is 0 Å². The number of carbonyl (C=O) groups is 2. The quantitative estimate of drug-likeness (QED) is 0.294. The van der Waals surface area contributed by atoms with Crippen LogP contribution in [0.3, 0.4) is 0 Å². The minimum absolute atomic E-state index is 0.00673. The molecule has 1 unspecified atom stereocenters. The Morgan fingerprint density at radius 2 is 1.87 bits per heavy atom. The number of ketones is 1. The third kappa shape index (κ3) is 5.72. The number of Topliss-reactive ketones (excluding diaryl/α,β-unsaturated/α-hetero) is 1. The van der Waals surface area contributed by atoms with Gasteiger partial charge in [0.2, 0.25) is 10.0 Å². The molecule has 0 aliphatic carbocycles. The maximum absolute atomic E-state index is 12.6. The molecule has 0 spiro atoms. The van der Waals surface area contributed by atoms with Gasteiger partial charge in [0.15, 0.2) is 5.78 Å². The molecule has 1 aliphatic rings. The van der Waals surface area contributed by atoms with Gasteiger partial charge in [-0.25, -0.2) is 17.5 Å². The van der Waals surface area contributed by atoms with Crippen LogP contribution in [0.15, 0.2) is 36.4 Å². The number of benzene rings is 1. The van der Waals surface area contributed by atoms with Crippen molar-refractivity contribution in [2.45, 2.75) is 51.9 Å². The van der Waals surface area contributed by atoms with Gasteiger partial charge in [-0.1, -0.05) is 19.8 Å². The SMILES string of the molecule is CCCCCC(=O)c1ccc(N2C(OCc3ccc(C(=O)OC)s3)CCS2(=O)=O)cc1. The van der Waals surface area contributed by atoms with E-state index in [0.29, 0.717) is 29.0 Å². The number of sulfonamides is 1. The van der Waals surface area contributed by atoms with Gasteiger partial charge in [-0.15, -0.1) is 11.3 Å². The van der Waals surface area contributed by atoms with Gasteiger partial charge in [0.1, 0.15) is 11.1 Å². The van der Waals surface area contributed by atoms with Crippen molar-refractivity contribution in [3.05, 3.63) is 51.7 Å². The van der Waals surface area contributed by atoms with Crippen LogP contribution in [0.1, 0.15) is 63.9 Å². The molecule has 1 aliphatic heterocycles. The first-order valence-corrected chi connectivity index (χ1v) is 12.7. The van der Waals surface area contributed by atoms with Gasteiger partial charge in [-0.05, 0) is 42.8 Å². The van der Waals surface area contributed by atoms with E-state index in [-0.39, 0.29) is 18.1 Å². The molecule has 2 aromatic rings. The maximum atomic E-state index is 12.6. The maximum Gasteiger partial charge on any atom is 0.348 e. The normalized spacial score (nSPS) is 17.6. The van der Waals surface area contributed by atoms with E-state index in [9.17, 15) is 18.0 Å². The van der Waals surface area contributed by atoms with Crippen molar-refractivity contribution in [1.29, 1.82) is 0 Å². The van der Waals surface area contributed by atoms with E-state index < -0.39 is 22.2 Å². The number of thiophene rings is 1. The molecule has 31 heavy (non-hydrogen) atoms. The van der Waals surface area contributed by atoms with Gasteiger partial charge in [-0.2, -0.15) is 0 Å². The number of hydrogen-bond donors (Lipinski definition) is 0. The van der Waals surface area contributed by atoms with E-state index in [2.05, 4.69) is 6.92 Å². The molecule has 1 aromatic carbocycles. The Morgan fingerprint density at radius 1 is 1.13 bits per heavy atom. The number of nitrogens with zero attached hydrogens (tertiary/aromatic N) is 1. The Kier molecular flexibility index (Phi) is 7.85. The number of carbonyl (C=O) groups excluding carboxylic acids is 2. The van der Waals surface area contributed by atoms with Gasteiger partial charge in [0.05, 0.1) is 25.2 Å². The molecule has 168 valence electrons. The summed E-state index contributed by atoms with van der Waals surface area (Å²) in [4.78, 5) is 25.2. The van der Waals surface area contributed by atoms with Gasteiger partial charge < -0.3 is 9.47 Å².